The molecule has 1 saturated heterocycles. The highest BCUT2D eigenvalue weighted by Gasteiger charge is 2.30. The number of amides is 1. The summed E-state index contributed by atoms with van der Waals surface area (Å²) < 4.78 is 6.35. The third-order valence-electron chi connectivity index (χ3n) is 3.94. The molecule has 1 aromatic heterocycles. The quantitative estimate of drug-likeness (QED) is 0.837. The molecule has 2 unspecified atom stereocenters. The normalized spacial score (nSPS) is 20.4. The molecule has 1 aliphatic heterocycles. The summed E-state index contributed by atoms with van der Waals surface area (Å²) in [7, 11) is 0. The summed E-state index contributed by atoms with van der Waals surface area (Å²) in [5, 5.41) is 3.53. The molecule has 0 radical (unpaired) electrons. The Morgan fingerprint density at radius 3 is 2.83 bits per heavy atom. The number of nitrogens with one attached hydrogen (secondary N) is 1. The van der Waals surface area contributed by atoms with E-state index in [-0.39, 0.29) is 18.2 Å². The molecular formula is C17H27ClN2O2S. The molecule has 1 N–H and O–H groups in total. The van der Waals surface area contributed by atoms with Gasteiger partial charge in [0, 0.05) is 30.1 Å². The van der Waals surface area contributed by atoms with Gasteiger partial charge < -0.3 is 15.0 Å². The number of ether oxygens (including phenoxy) is 1. The van der Waals surface area contributed by atoms with Crippen molar-refractivity contribution in [1.82, 2.24) is 10.2 Å². The number of rotatable bonds is 4. The van der Waals surface area contributed by atoms with E-state index < -0.39 is 5.60 Å². The second-order valence-corrected chi connectivity index (χ2v) is 8.84. The molecule has 1 aromatic rings. The first-order valence-corrected chi connectivity index (χ1v) is 9.44. The number of hydrogen-bond donors (Lipinski definition) is 1. The van der Waals surface area contributed by atoms with Crippen LogP contribution >= 0.6 is 22.9 Å². The topological polar surface area (TPSA) is 41.6 Å². The Bertz CT molecular complexity index is 527. The molecule has 0 aliphatic carbocycles. The molecule has 2 heterocycles. The van der Waals surface area contributed by atoms with Crippen molar-refractivity contribution in [2.24, 2.45) is 0 Å². The van der Waals surface area contributed by atoms with Gasteiger partial charge in [0.15, 0.2) is 0 Å². The predicted molar refractivity (Wildman–Crippen MR) is 96.3 cm³/mol. The SMILES string of the molecule is CC(NCC1CCCCN1C(=O)OC(C)(C)C)c1ccc(Cl)s1. The second kappa shape index (κ2) is 7.86. The summed E-state index contributed by atoms with van der Waals surface area (Å²) in [6.07, 6.45) is 3.02. The minimum atomic E-state index is -0.451. The average molecular weight is 359 g/mol. The van der Waals surface area contributed by atoms with Crippen molar-refractivity contribution in [2.75, 3.05) is 13.1 Å². The Kier molecular flexibility index (Phi) is 6.34. The number of halogens is 1. The van der Waals surface area contributed by atoms with Gasteiger partial charge >= 0.3 is 6.09 Å². The van der Waals surface area contributed by atoms with Crippen LogP contribution in [0.2, 0.25) is 4.34 Å². The molecule has 0 spiro atoms. The average Bonchev–Trinajstić information content (AvgIpc) is 2.90. The Morgan fingerprint density at radius 1 is 1.48 bits per heavy atom. The van der Waals surface area contributed by atoms with Gasteiger partial charge in [-0.3, -0.25) is 0 Å². The zero-order valence-corrected chi connectivity index (χ0v) is 16.0. The summed E-state index contributed by atoms with van der Waals surface area (Å²) in [5.74, 6) is 0. The Balaban J connectivity index is 1.92. The van der Waals surface area contributed by atoms with Crippen LogP contribution in [-0.4, -0.2) is 35.7 Å². The monoisotopic (exact) mass is 358 g/mol. The lowest BCUT2D eigenvalue weighted by atomic mass is 10.0. The van der Waals surface area contributed by atoms with Crippen LogP contribution in [0.1, 0.15) is 57.9 Å². The number of nitrogens with zero attached hydrogens (tertiary/aromatic N) is 1. The highest BCUT2D eigenvalue weighted by molar-refractivity contribution is 7.16. The lowest BCUT2D eigenvalue weighted by molar-refractivity contribution is 0.00971. The molecule has 0 bridgehead atoms. The minimum absolute atomic E-state index is 0.191. The summed E-state index contributed by atoms with van der Waals surface area (Å²) in [6.45, 7) is 9.40. The first-order chi connectivity index (χ1) is 10.8. The fraction of sp³-hybridized carbons (Fsp3) is 0.706. The predicted octanol–water partition coefficient (Wildman–Crippen LogP) is 4.84. The zero-order chi connectivity index (χ0) is 17.0. The standard InChI is InChI=1S/C17H27ClN2O2S/c1-12(14-8-9-15(18)23-14)19-11-13-7-5-6-10-20(13)16(21)22-17(2,3)4/h8-9,12-13,19H,5-7,10-11H2,1-4H3. The maximum atomic E-state index is 12.4. The van der Waals surface area contributed by atoms with Gasteiger partial charge in [-0.15, -0.1) is 11.3 Å². The van der Waals surface area contributed by atoms with Crippen molar-refractivity contribution in [3.05, 3.63) is 21.3 Å². The van der Waals surface area contributed by atoms with Gasteiger partial charge in [-0.25, -0.2) is 4.79 Å². The van der Waals surface area contributed by atoms with Gasteiger partial charge in [0.1, 0.15) is 5.60 Å². The number of likely N-dealkylation sites (tertiary alicyclic amines) is 1. The van der Waals surface area contributed by atoms with E-state index in [0.29, 0.717) is 0 Å². The molecule has 4 nitrogen and oxygen atoms in total. The van der Waals surface area contributed by atoms with Crippen LogP contribution in [0, 0.1) is 0 Å². The van der Waals surface area contributed by atoms with Crippen molar-refractivity contribution in [2.45, 2.75) is 64.6 Å². The van der Waals surface area contributed by atoms with E-state index in [4.69, 9.17) is 16.3 Å². The van der Waals surface area contributed by atoms with Crippen LogP contribution in [-0.2, 0) is 4.74 Å². The summed E-state index contributed by atoms with van der Waals surface area (Å²) in [5.41, 5.74) is -0.451. The van der Waals surface area contributed by atoms with Gasteiger partial charge in [0.25, 0.3) is 0 Å². The van der Waals surface area contributed by atoms with Crippen molar-refractivity contribution < 1.29 is 9.53 Å². The third kappa shape index (κ3) is 5.66. The molecule has 1 aliphatic rings. The van der Waals surface area contributed by atoms with E-state index in [9.17, 15) is 4.79 Å². The van der Waals surface area contributed by atoms with Crippen LogP contribution in [0.4, 0.5) is 4.79 Å². The first kappa shape index (κ1) is 18.6. The third-order valence-corrected chi connectivity index (χ3v) is 5.35. The largest absolute Gasteiger partial charge is 0.444 e. The number of thiophene rings is 1. The zero-order valence-electron chi connectivity index (χ0n) is 14.4. The summed E-state index contributed by atoms with van der Waals surface area (Å²) in [6, 6.07) is 4.40. The Labute approximate surface area is 148 Å². The molecule has 1 amide bonds. The van der Waals surface area contributed by atoms with Crippen LogP contribution in [0.3, 0.4) is 0 Å². The van der Waals surface area contributed by atoms with E-state index in [1.807, 2.05) is 31.7 Å². The van der Waals surface area contributed by atoms with E-state index in [1.165, 1.54) is 4.88 Å². The van der Waals surface area contributed by atoms with Crippen LogP contribution in [0.5, 0.6) is 0 Å². The fourth-order valence-corrected chi connectivity index (χ4v) is 3.84. The van der Waals surface area contributed by atoms with E-state index in [0.717, 1.165) is 36.7 Å². The highest BCUT2D eigenvalue weighted by atomic mass is 35.5. The molecule has 130 valence electrons. The maximum absolute atomic E-state index is 12.4. The maximum Gasteiger partial charge on any atom is 0.410 e. The molecule has 0 aromatic carbocycles. The van der Waals surface area contributed by atoms with Crippen LogP contribution < -0.4 is 5.32 Å². The molecule has 6 heteroatoms. The summed E-state index contributed by atoms with van der Waals surface area (Å²) in [4.78, 5) is 15.5. The Morgan fingerprint density at radius 2 is 2.22 bits per heavy atom. The number of carbonyl (C=O) groups is 1. The van der Waals surface area contributed by atoms with Gasteiger partial charge in [-0.1, -0.05) is 11.6 Å². The molecule has 2 rings (SSSR count). The highest BCUT2D eigenvalue weighted by Crippen LogP contribution is 2.27. The number of hydrogen-bond acceptors (Lipinski definition) is 4. The lowest BCUT2D eigenvalue weighted by Gasteiger charge is -2.37. The fourth-order valence-electron chi connectivity index (χ4n) is 2.75. The van der Waals surface area contributed by atoms with Crippen molar-refractivity contribution in [1.29, 1.82) is 0 Å². The van der Waals surface area contributed by atoms with Gasteiger partial charge in [-0.05, 0) is 59.1 Å². The van der Waals surface area contributed by atoms with Crippen LogP contribution in [0.25, 0.3) is 0 Å². The van der Waals surface area contributed by atoms with Gasteiger partial charge in [0.2, 0.25) is 0 Å². The summed E-state index contributed by atoms with van der Waals surface area (Å²) >= 11 is 7.60. The smallest absolute Gasteiger partial charge is 0.410 e. The van der Waals surface area contributed by atoms with Crippen molar-refractivity contribution in [3.63, 3.8) is 0 Å². The molecule has 0 saturated carbocycles. The van der Waals surface area contributed by atoms with E-state index in [1.54, 1.807) is 11.3 Å². The molecule has 2 atom stereocenters. The van der Waals surface area contributed by atoms with Gasteiger partial charge in [-0.2, -0.15) is 0 Å². The minimum Gasteiger partial charge on any atom is -0.444 e. The van der Waals surface area contributed by atoms with Gasteiger partial charge in [0.05, 0.1) is 4.34 Å². The molecule has 1 fully saturated rings. The number of piperidine rings is 1. The van der Waals surface area contributed by atoms with Crippen molar-refractivity contribution in [3.8, 4) is 0 Å². The molecular weight excluding hydrogens is 332 g/mol. The Hall–Kier alpha value is -0.780. The van der Waals surface area contributed by atoms with E-state index in [2.05, 4.69) is 18.3 Å². The molecule has 23 heavy (non-hydrogen) atoms. The van der Waals surface area contributed by atoms with Crippen molar-refractivity contribution >= 4 is 29.0 Å². The second-order valence-electron chi connectivity index (χ2n) is 7.10. The number of carbonyl (C=O) groups excluding carboxylic acids is 1. The lowest BCUT2D eigenvalue weighted by Crippen LogP contribution is -2.50. The van der Waals surface area contributed by atoms with Crippen LogP contribution in [0.15, 0.2) is 12.1 Å². The van der Waals surface area contributed by atoms with E-state index >= 15 is 0 Å². The first-order valence-electron chi connectivity index (χ1n) is 8.24.